The summed E-state index contributed by atoms with van der Waals surface area (Å²) in [5.41, 5.74) is 0.580. The first-order valence-electron chi connectivity index (χ1n) is 3.03. The maximum atomic E-state index is 10.7. The average molecular weight is 174 g/mol. The molecule has 0 saturated heterocycles. The number of carbonyl (C=O) groups excluding carboxylic acids is 1. The van der Waals surface area contributed by atoms with Crippen LogP contribution in [0.3, 0.4) is 0 Å². The zero-order valence-corrected chi connectivity index (χ0v) is 7.27. The van der Waals surface area contributed by atoms with Gasteiger partial charge in [0.05, 0.1) is 6.42 Å². The van der Waals surface area contributed by atoms with Crippen LogP contribution in [0.4, 0.5) is 0 Å². The zero-order chi connectivity index (χ0) is 8.85. The number of hydrogen-bond acceptors (Lipinski definition) is 3. The largest absolute Gasteiger partial charge is 0.481 e. The first-order valence-corrected chi connectivity index (χ1v) is 4.25. The Labute approximate surface area is 69.5 Å². The van der Waals surface area contributed by atoms with Gasteiger partial charge >= 0.3 is 5.97 Å². The molecule has 0 aliphatic carbocycles. The second-order valence-electron chi connectivity index (χ2n) is 2.08. The molecular formula is C7H10O3S. The van der Waals surface area contributed by atoms with E-state index in [9.17, 15) is 9.59 Å². The monoisotopic (exact) mass is 174 g/mol. The van der Waals surface area contributed by atoms with E-state index in [0.717, 1.165) is 11.8 Å². The number of aliphatic carboxylic acids is 1. The molecule has 0 aromatic carbocycles. The van der Waals surface area contributed by atoms with E-state index in [1.807, 2.05) is 0 Å². The molecule has 0 saturated carbocycles. The molecule has 0 aromatic heterocycles. The number of carboxylic acids is 1. The fourth-order valence-corrected chi connectivity index (χ4v) is 0.869. The molecule has 0 bridgehead atoms. The Bertz CT molecular complexity index is 196. The summed E-state index contributed by atoms with van der Waals surface area (Å²) in [6, 6.07) is 0. The molecular weight excluding hydrogens is 164 g/mol. The minimum atomic E-state index is -0.910. The summed E-state index contributed by atoms with van der Waals surface area (Å²) < 4.78 is 0. The van der Waals surface area contributed by atoms with Crippen molar-refractivity contribution >= 4 is 22.8 Å². The Kier molecular flexibility index (Phi) is 4.61. The number of hydrogen-bond donors (Lipinski definition) is 1. The Hall–Kier alpha value is -0.770. The molecule has 0 unspecified atom stereocenters. The summed E-state index contributed by atoms with van der Waals surface area (Å²) in [6.07, 6.45) is 2.94. The van der Waals surface area contributed by atoms with Gasteiger partial charge < -0.3 is 5.11 Å². The fourth-order valence-electron chi connectivity index (χ4n) is 0.550. The smallest absolute Gasteiger partial charge is 0.307 e. The molecule has 62 valence electrons. The highest BCUT2D eigenvalue weighted by Crippen LogP contribution is 2.04. The Morgan fingerprint density at radius 2 is 2.09 bits per heavy atom. The Morgan fingerprint density at radius 1 is 1.55 bits per heavy atom. The van der Waals surface area contributed by atoms with Gasteiger partial charge in [-0.05, 0) is 19.3 Å². The number of thioether (sulfide) groups is 1. The summed E-state index contributed by atoms with van der Waals surface area (Å²) in [7, 11) is 0. The van der Waals surface area contributed by atoms with E-state index in [-0.39, 0.29) is 11.5 Å². The van der Waals surface area contributed by atoms with E-state index in [4.69, 9.17) is 5.11 Å². The molecule has 0 aliphatic heterocycles. The molecule has 0 aromatic rings. The van der Waals surface area contributed by atoms with Crippen molar-refractivity contribution in [2.45, 2.75) is 13.3 Å². The van der Waals surface area contributed by atoms with Crippen molar-refractivity contribution < 1.29 is 14.7 Å². The Morgan fingerprint density at radius 3 is 2.45 bits per heavy atom. The molecule has 0 spiro atoms. The lowest BCUT2D eigenvalue weighted by molar-refractivity contribution is -0.136. The van der Waals surface area contributed by atoms with Crippen LogP contribution < -0.4 is 0 Å². The van der Waals surface area contributed by atoms with Gasteiger partial charge in [-0.15, -0.1) is 0 Å². The number of carboxylic acid groups (broad SMARTS) is 1. The molecule has 11 heavy (non-hydrogen) atoms. The number of rotatable bonds is 3. The highest BCUT2D eigenvalue weighted by atomic mass is 32.2. The molecule has 1 N–H and O–H groups in total. The summed E-state index contributed by atoms with van der Waals surface area (Å²) in [5.74, 6) is -0.910. The van der Waals surface area contributed by atoms with Gasteiger partial charge in [0.1, 0.15) is 0 Å². The van der Waals surface area contributed by atoms with Crippen molar-refractivity contribution in [3.05, 3.63) is 11.6 Å². The van der Waals surface area contributed by atoms with E-state index in [1.54, 1.807) is 13.2 Å². The van der Waals surface area contributed by atoms with E-state index in [0.29, 0.717) is 5.57 Å². The zero-order valence-electron chi connectivity index (χ0n) is 6.46. The van der Waals surface area contributed by atoms with Crippen molar-refractivity contribution in [3.63, 3.8) is 0 Å². The third-order valence-electron chi connectivity index (χ3n) is 0.995. The number of carbonyl (C=O) groups is 2. The van der Waals surface area contributed by atoms with Crippen LogP contribution >= 0.6 is 11.8 Å². The summed E-state index contributed by atoms with van der Waals surface area (Å²) in [5, 5.41) is 8.20. The second-order valence-corrected chi connectivity index (χ2v) is 2.89. The normalized spacial score (nSPS) is 11.3. The molecule has 0 fully saturated rings. The molecule has 0 atom stereocenters. The van der Waals surface area contributed by atoms with Gasteiger partial charge in [-0.3, -0.25) is 9.59 Å². The molecule has 0 aliphatic rings. The van der Waals surface area contributed by atoms with Crippen LogP contribution in [-0.4, -0.2) is 22.4 Å². The minimum Gasteiger partial charge on any atom is -0.481 e. The molecule has 3 nitrogen and oxygen atoms in total. The van der Waals surface area contributed by atoms with E-state index in [1.165, 1.54) is 6.08 Å². The van der Waals surface area contributed by atoms with Gasteiger partial charge in [0.2, 0.25) is 5.12 Å². The van der Waals surface area contributed by atoms with Crippen LogP contribution in [-0.2, 0) is 9.59 Å². The van der Waals surface area contributed by atoms with Crippen molar-refractivity contribution in [2.75, 3.05) is 6.26 Å². The topological polar surface area (TPSA) is 54.4 Å². The highest BCUT2D eigenvalue weighted by molar-refractivity contribution is 8.13. The average Bonchev–Trinajstić information content (AvgIpc) is 1.85. The third kappa shape index (κ3) is 5.66. The third-order valence-corrected chi connectivity index (χ3v) is 1.52. The van der Waals surface area contributed by atoms with E-state index >= 15 is 0 Å². The van der Waals surface area contributed by atoms with Crippen molar-refractivity contribution in [3.8, 4) is 0 Å². The minimum absolute atomic E-state index is 0.0632. The van der Waals surface area contributed by atoms with Gasteiger partial charge in [0.15, 0.2) is 0 Å². The van der Waals surface area contributed by atoms with Crippen LogP contribution in [0.25, 0.3) is 0 Å². The lowest BCUT2D eigenvalue weighted by Gasteiger charge is -1.93. The van der Waals surface area contributed by atoms with Gasteiger partial charge in [-0.2, -0.15) is 0 Å². The highest BCUT2D eigenvalue weighted by Gasteiger charge is 2.00. The van der Waals surface area contributed by atoms with Crippen LogP contribution in [0, 0.1) is 0 Å². The van der Waals surface area contributed by atoms with Gasteiger partial charge in [-0.25, -0.2) is 0 Å². The first-order chi connectivity index (χ1) is 5.06. The standard InChI is InChI=1S/C7H10O3S/c1-5(3-6(8)9)4-7(10)11-2/h4H,3H2,1-2H3,(H,8,9)/b5-4+. The second kappa shape index (κ2) is 4.96. The van der Waals surface area contributed by atoms with Crippen molar-refractivity contribution in [1.29, 1.82) is 0 Å². The van der Waals surface area contributed by atoms with Crippen LogP contribution in [0.1, 0.15) is 13.3 Å². The van der Waals surface area contributed by atoms with Crippen LogP contribution in [0.5, 0.6) is 0 Å². The predicted octanol–water partition coefficient (Wildman–Crippen LogP) is 1.30. The summed E-state index contributed by atoms with van der Waals surface area (Å²) in [4.78, 5) is 20.8. The lowest BCUT2D eigenvalue weighted by Crippen LogP contribution is -1.96. The molecule has 0 radical (unpaired) electrons. The predicted molar refractivity (Wildman–Crippen MR) is 44.5 cm³/mol. The van der Waals surface area contributed by atoms with Crippen molar-refractivity contribution in [1.82, 2.24) is 0 Å². The Balaban J connectivity index is 4.00. The van der Waals surface area contributed by atoms with E-state index < -0.39 is 5.97 Å². The molecule has 0 rings (SSSR count). The summed E-state index contributed by atoms with van der Waals surface area (Å²) >= 11 is 1.07. The van der Waals surface area contributed by atoms with Crippen LogP contribution in [0.2, 0.25) is 0 Å². The summed E-state index contributed by atoms with van der Waals surface area (Å²) in [6.45, 7) is 1.63. The van der Waals surface area contributed by atoms with E-state index in [2.05, 4.69) is 0 Å². The van der Waals surface area contributed by atoms with Gasteiger partial charge in [0, 0.05) is 0 Å². The SMILES string of the molecule is CSC(=O)/C=C(\C)CC(=O)O. The fraction of sp³-hybridized carbons (Fsp3) is 0.429. The molecule has 0 amide bonds. The molecule has 4 heteroatoms. The van der Waals surface area contributed by atoms with Crippen LogP contribution in [0.15, 0.2) is 11.6 Å². The first kappa shape index (κ1) is 10.2. The van der Waals surface area contributed by atoms with Gasteiger partial charge in [0.25, 0.3) is 0 Å². The quantitative estimate of drug-likeness (QED) is 0.655. The maximum Gasteiger partial charge on any atom is 0.307 e. The molecule has 0 heterocycles. The van der Waals surface area contributed by atoms with Crippen molar-refractivity contribution in [2.24, 2.45) is 0 Å². The van der Waals surface area contributed by atoms with Gasteiger partial charge in [-0.1, -0.05) is 17.3 Å². The lowest BCUT2D eigenvalue weighted by atomic mass is 10.2. The maximum absolute atomic E-state index is 10.7.